The van der Waals surface area contributed by atoms with Crippen LogP contribution in [0.5, 0.6) is 0 Å². The molecular formula is C27H31N5OS2. The second kappa shape index (κ2) is 12.1. The molecule has 182 valence electrons. The Hall–Kier alpha value is -2.97. The van der Waals surface area contributed by atoms with E-state index in [0.29, 0.717) is 17.9 Å². The monoisotopic (exact) mass is 505 g/mol. The minimum Gasteiger partial charge on any atom is -0.337 e. The van der Waals surface area contributed by atoms with E-state index in [-0.39, 0.29) is 5.91 Å². The third-order valence-corrected chi connectivity index (χ3v) is 7.60. The summed E-state index contributed by atoms with van der Waals surface area (Å²) in [4.78, 5) is 19.5. The van der Waals surface area contributed by atoms with E-state index in [1.54, 1.807) is 11.8 Å². The lowest BCUT2D eigenvalue weighted by Gasteiger charge is -2.20. The van der Waals surface area contributed by atoms with Crippen LogP contribution >= 0.6 is 23.1 Å². The second-order valence-corrected chi connectivity index (χ2v) is 10.3. The van der Waals surface area contributed by atoms with Crippen molar-refractivity contribution in [1.29, 1.82) is 0 Å². The Labute approximate surface area is 215 Å². The summed E-state index contributed by atoms with van der Waals surface area (Å²) in [5.41, 5.74) is 3.98. The number of para-hydroxylation sites is 1. The lowest BCUT2D eigenvalue weighted by Crippen LogP contribution is -2.32. The highest BCUT2D eigenvalue weighted by Gasteiger charge is 2.20. The molecular weight excluding hydrogens is 474 g/mol. The summed E-state index contributed by atoms with van der Waals surface area (Å²) in [6.07, 6.45) is 2.58. The minimum atomic E-state index is 0.0226. The Morgan fingerprint density at radius 1 is 1.00 bits per heavy atom. The number of thiazole rings is 1. The van der Waals surface area contributed by atoms with Crippen LogP contribution in [-0.2, 0) is 12.2 Å². The van der Waals surface area contributed by atoms with Crippen LogP contribution < -0.4 is 0 Å². The molecule has 2 heterocycles. The number of hydrogen-bond acceptors (Lipinski definition) is 6. The number of carbonyl (C=O) groups is 1. The Kier molecular flexibility index (Phi) is 8.71. The zero-order valence-corrected chi connectivity index (χ0v) is 22.1. The van der Waals surface area contributed by atoms with Gasteiger partial charge in [-0.15, -0.1) is 21.5 Å². The highest BCUT2D eigenvalue weighted by atomic mass is 32.2. The molecule has 2 aromatic carbocycles. The largest absolute Gasteiger partial charge is 0.337 e. The molecule has 1 amide bonds. The summed E-state index contributed by atoms with van der Waals surface area (Å²) in [5, 5.41) is 12.7. The maximum atomic E-state index is 12.9. The van der Waals surface area contributed by atoms with Crippen molar-refractivity contribution in [3.63, 3.8) is 0 Å². The predicted octanol–water partition coefficient (Wildman–Crippen LogP) is 6.18. The number of thioether (sulfide) groups is 1. The highest BCUT2D eigenvalue weighted by Crippen LogP contribution is 2.29. The fourth-order valence-corrected chi connectivity index (χ4v) is 5.71. The predicted molar refractivity (Wildman–Crippen MR) is 144 cm³/mol. The van der Waals surface area contributed by atoms with Crippen molar-refractivity contribution in [2.75, 3.05) is 13.1 Å². The van der Waals surface area contributed by atoms with Crippen LogP contribution in [0, 0.1) is 6.92 Å². The highest BCUT2D eigenvalue weighted by molar-refractivity contribution is 7.98. The molecule has 0 saturated carbocycles. The number of hydrogen-bond donors (Lipinski definition) is 0. The van der Waals surface area contributed by atoms with Gasteiger partial charge in [0.1, 0.15) is 16.5 Å². The summed E-state index contributed by atoms with van der Waals surface area (Å²) in [5.74, 6) is 1.56. The molecule has 2 aromatic heterocycles. The van der Waals surface area contributed by atoms with E-state index < -0.39 is 0 Å². The van der Waals surface area contributed by atoms with Crippen LogP contribution in [0.2, 0.25) is 0 Å². The SMILES string of the molecule is CCCN(CCC)C(=O)c1csc(CSc2nnc(Cc3ccccc3)n2-c2ccccc2C)n1. The second-order valence-electron chi connectivity index (χ2n) is 8.39. The Bertz CT molecular complexity index is 1250. The normalized spacial score (nSPS) is 11.1. The minimum absolute atomic E-state index is 0.0226. The quantitative estimate of drug-likeness (QED) is 0.228. The molecule has 35 heavy (non-hydrogen) atoms. The van der Waals surface area contributed by atoms with E-state index >= 15 is 0 Å². The molecule has 0 N–H and O–H groups in total. The van der Waals surface area contributed by atoms with Crippen LogP contribution in [0.25, 0.3) is 5.69 Å². The molecule has 4 aromatic rings. The third kappa shape index (κ3) is 6.18. The summed E-state index contributed by atoms with van der Waals surface area (Å²) in [6.45, 7) is 7.81. The smallest absolute Gasteiger partial charge is 0.273 e. The van der Waals surface area contributed by atoms with Crippen molar-refractivity contribution in [3.8, 4) is 5.69 Å². The topological polar surface area (TPSA) is 63.9 Å². The van der Waals surface area contributed by atoms with E-state index in [0.717, 1.165) is 53.2 Å². The number of amides is 1. The van der Waals surface area contributed by atoms with Crippen LogP contribution in [0.4, 0.5) is 0 Å². The maximum absolute atomic E-state index is 12.9. The zero-order chi connectivity index (χ0) is 24.6. The summed E-state index contributed by atoms with van der Waals surface area (Å²) in [6, 6.07) is 18.6. The van der Waals surface area contributed by atoms with Gasteiger partial charge in [-0.25, -0.2) is 4.98 Å². The Morgan fingerprint density at radius 2 is 1.71 bits per heavy atom. The van der Waals surface area contributed by atoms with Gasteiger partial charge in [0.15, 0.2) is 5.16 Å². The standard InChI is InChI=1S/C27H31N5OS2/c1-4-15-31(16-5-2)26(33)22-18-34-25(28-22)19-35-27-30-29-24(17-21-12-7-6-8-13-21)32(27)23-14-10-9-11-20(23)3/h6-14,18H,4-5,15-17,19H2,1-3H3. The first kappa shape index (κ1) is 25.1. The van der Waals surface area contributed by atoms with Crippen molar-refractivity contribution in [2.24, 2.45) is 0 Å². The molecule has 0 fully saturated rings. The van der Waals surface area contributed by atoms with Gasteiger partial charge in [0.05, 0.1) is 11.4 Å². The molecule has 0 spiro atoms. The van der Waals surface area contributed by atoms with Crippen molar-refractivity contribution in [1.82, 2.24) is 24.6 Å². The van der Waals surface area contributed by atoms with Crippen LogP contribution in [0.15, 0.2) is 65.1 Å². The number of rotatable bonds is 11. The molecule has 0 aliphatic heterocycles. The zero-order valence-electron chi connectivity index (χ0n) is 20.5. The van der Waals surface area contributed by atoms with E-state index in [4.69, 9.17) is 0 Å². The van der Waals surface area contributed by atoms with Crippen molar-refractivity contribution in [2.45, 2.75) is 50.9 Å². The number of carbonyl (C=O) groups excluding carboxylic acids is 1. The molecule has 0 aliphatic rings. The van der Waals surface area contributed by atoms with E-state index in [1.165, 1.54) is 16.9 Å². The molecule has 0 aliphatic carbocycles. The summed E-state index contributed by atoms with van der Waals surface area (Å²) >= 11 is 3.13. The number of nitrogens with zero attached hydrogens (tertiary/aromatic N) is 5. The first-order valence-corrected chi connectivity index (χ1v) is 13.9. The van der Waals surface area contributed by atoms with Gasteiger partial charge in [-0.1, -0.05) is 74.1 Å². The van der Waals surface area contributed by atoms with Gasteiger partial charge in [0.25, 0.3) is 5.91 Å². The number of aryl methyl sites for hydroxylation is 1. The third-order valence-electron chi connectivity index (χ3n) is 5.63. The van der Waals surface area contributed by atoms with E-state index in [9.17, 15) is 4.79 Å². The lowest BCUT2D eigenvalue weighted by molar-refractivity contribution is 0.0750. The van der Waals surface area contributed by atoms with Gasteiger partial charge in [0.2, 0.25) is 0 Å². The Balaban J connectivity index is 1.55. The average Bonchev–Trinajstić information content (AvgIpc) is 3.50. The van der Waals surface area contributed by atoms with Crippen LogP contribution in [-0.4, -0.2) is 43.6 Å². The van der Waals surface area contributed by atoms with E-state index in [1.807, 2.05) is 40.6 Å². The fourth-order valence-electron chi connectivity index (χ4n) is 3.96. The Morgan fingerprint density at radius 3 is 2.43 bits per heavy atom. The van der Waals surface area contributed by atoms with Crippen molar-refractivity contribution >= 4 is 29.0 Å². The maximum Gasteiger partial charge on any atom is 0.273 e. The van der Waals surface area contributed by atoms with Crippen LogP contribution in [0.1, 0.15) is 59.1 Å². The number of benzene rings is 2. The molecule has 4 rings (SSSR count). The van der Waals surface area contributed by atoms with E-state index in [2.05, 4.69) is 64.8 Å². The molecule has 0 atom stereocenters. The number of aromatic nitrogens is 4. The molecule has 0 bridgehead atoms. The summed E-state index contributed by atoms with van der Waals surface area (Å²) < 4.78 is 2.15. The first-order valence-electron chi connectivity index (χ1n) is 12.0. The van der Waals surface area contributed by atoms with Gasteiger partial charge in [0, 0.05) is 24.9 Å². The molecule has 8 heteroatoms. The lowest BCUT2D eigenvalue weighted by atomic mass is 10.1. The molecule has 0 saturated heterocycles. The van der Waals surface area contributed by atoms with Crippen LogP contribution in [0.3, 0.4) is 0 Å². The summed E-state index contributed by atoms with van der Waals surface area (Å²) in [7, 11) is 0. The average molecular weight is 506 g/mol. The molecule has 6 nitrogen and oxygen atoms in total. The van der Waals surface area contributed by atoms with Crippen molar-refractivity contribution in [3.05, 3.63) is 87.6 Å². The van der Waals surface area contributed by atoms with Gasteiger partial charge in [-0.3, -0.25) is 9.36 Å². The van der Waals surface area contributed by atoms with Crippen molar-refractivity contribution < 1.29 is 4.79 Å². The van der Waals surface area contributed by atoms with Gasteiger partial charge < -0.3 is 4.90 Å². The molecule has 0 unspecified atom stereocenters. The molecule has 0 radical (unpaired) electrons. The van der Waals surface area contributed by atoms with Gasteiger partial charge in [-0.05, 0) is 37.0 Å². The fraction of sp³-hybridized carbons (Fsp3) is 0.333. The van der Waals surface area contributed by atoms with Gasteiger partial charge in [-0.2, -0.15) is 0 Å². The first-order chi connectivity index (χ1) is 17.1. The van der Waals surface area contributed by atoms with Gasteiger partial charge >= 0.3 is 0 Å².